The van der Waals surface area contributed by atoms with Crippen LogP contribution in [0.5, 0.6) is 0 Å². The molecule has 0 spiro atoms. The fraction of sp³-hybridized carbons (Fsp3) is 0.400. The number of esters is 2. The minimum absolute atomic E-state index is 0.0294. The first-order chi connectivity index (χ1) is 9.09. The highest BCUT2D eigenvalue weighted by Crippen LogP contribution is 2.47. The summed E-state index contributed by atoms with van der Waals surface area (Å²) in [5, 5.41) is 0. The van der Waals surface area contributed by atoms with Gasteiger partial charge in [-0.3, -0.25) is 14.4 Å². The summed E-state index contributed by atoms with van der Waals surface area (Å²) in [5.74, 6) is -2.63. The van der Waals surface area contributed by atoms with Crippen molar-refractivity contribution in [2.75, 3.05) is 0 Å². The maximum atomic E-state index is 12.1. The average molecular weight is 258 g/mol. The molecule has 0 radical (unpaired) electrons. The highest BCUT2D eigenvalue weighted by Gasteiger charge is 2.55. The Morgan fingerprint density at radius 2 is 1.68 bits per heavy atom. The van der Waals surface area contributed by atoms with Gasteiger partial charge < -0.3 is 4.74 Å². The number of benzene rings is 1. The fourth-order valence-electron chi connectivity index (χ4n) is 3.25. The van der Waals surface area contributed by atoms with Crippen molar-refractivity contribution in [3.63, 3.8) is 0 Å². The lowest BCUT2D eigenvalue weighted by Crippen LogP contribution is -2.39. The maximum Gasteiger partial charge on any atom is 0.318 e. The van der Waals surface area contributed by atoms with Gasteiger partial charge in [0.25, 0.3) is 0 Å². The third-order valence-electron chi connectivity index (χ3n) is 4.25. The van der Waals surface area contributed by atoms with Crippen LogP contribution < -0.4 is 0 Å². The second-order valence-electron chi connectivity index (χ2n) is 5.27. The second-order valence-corrected chi connectivity index (χ2v) is 5.27. The van der Waals surface area contributed by atoms with Crippen LogP contribution in [0.25, 0.3) is 0 Å². The molecular formula is C15H14O4. The van der Waals surface area contributed by atoms with E-state index >= 15 is 0 Å². The van der Waals surface area contributed by atoms with Crippen LogP contribution in [0.1, 0.15) is 24.8 Å². The molecule has 2 fully saturated rings. The minimum Gasteiger partial charge on any atom is -0.393 e. The number of hydrogen-bond donors (Lipinski definition) is 0. The molecule has 1 aromatic carbocycles. The van der Waals surface area contributed by atoms with Crippen LogP contribution in [0.4, 0.5) is 0 Å². The highest BCUT2D eigenvalue weighted by atomic mass is 16.6. The summed E-state index contributed by atoms with van der Waals surface area (Å²) >= 11 is 0. The van der Waals surface area contributed by atoms with Gasteiger partial charge in [0.1, 0.15) is 5.78 Å². The first kappa shape index (κ1) is 12.1. The number of hydrogen-bond acceptors (Lipinski definition) is 4. The molecule has 4 heteroatoms. The number of cyclic esters (lactones) is 2. The molecule has 1 heterocycles. The molecule has 0 amide bonds. The number of fused-ring (bicyclic) bond motifs is 1. The number of Topliss-reactive ketones (excluding diaryl/α,β-unsaturated/α-hetero) is 1. The topological polar surface area (TPSA) is 60.4 Å². The van der Waals surface area contributed by atoms with Gasteiger partial charge in [-0.05, 0) is 5.56 Å². The van der Waals surface area contributed by atoms with Gasteiger partial charge in [0.15, 0.2) is 0 Å². The van der Waals surface area contributed by atoms with Gasteiger partial charge in [-0.1, -0.05) is 37.3 Å². The smallest absolute Gasteiger partial charge is 0.318 e. The van der Waals surface area contributed by atoms with E-state index in [0.717, 1.165) is 5.56 Å². The minimum atomic E-state index is -0.596. The zero-order chi connectivity index (χ0) is 13.6. The molecule has 19 heavy (non-hydrogen) atoms. The molecule has 4 nitrogen and oxygen atoms in total. The number of rotatable bonds is 1. The van der Waals surface area contributed by atoms with Crippen molar-refractivity contribution in [2.45, 2.75) is 19.3 Å². The van der Waals surface area contributed by atoms with E-state index in [0.29, 0.717) is 0 Å². The molecule has 3 rings (SSSR count). The van der Waals surface area contributed by atoms with Gasteiger partial charge in [0, 0.05) is 18.3 Å². The summed E-state index contributed by atoms with van der Waals surface area (Å²) in [6.45, 7) is 1.83. The van der Waals surface area contributed by atoms with Crippen LogP contribution in [0, 0.1) is 17.8 Å². The average Bonchev–Trinajstić information content (AvgIpc) is 2.67. The molecule has 4 unspecified atom stereocenters. The summed E-state index contributed by atoms with van der Waals surface area (Å²) < 4.78 is 4.73. The summed E-state index contributed by atoms with van der Waals surface area (Å²) in [6, 6.07) is 9.42. The van der Waals surface area contributed by atoms with Gasteiger partial charge in [0.05, 0.1) is 11.8 Å². The first-order valence-corrected chi connectivity index (χ1v) is 6.43. The summed E-state index contributed by atoms with van der Waals surface area (Å²) in [7, 11) is 0. The van der Waals surface area contributed by atoms with E-state index in [1.54, 1.807) is 0 Å². The SMILES string of the molecule is CC1C(=O)CC2C(=O)OC(=O)C2C1c1ccccc1. The Morgan fingerprint density at radius 3 is 2.37 bits per heavy atom. The maximum absolute atomic E-state index is 12.1. The Labute approximate surface area is 110 Å². The Hall–Kier alpha value is -1.97. The molecule has 1 aliphatic carbocycles. The fourth-order valence-corrected chi connectivity index (χ4v) is 3.25. The third-order valence-corrected chi connectivity index (χ3v) is 4.25. The van der Waals surface area contributed by atoms with Crippen molar-refractivity contribution in [1.29, 1.82) is 0 Å². The van der Waals surface area contributed by atoms with Crippen LogP contribution in [0.3, 0.4) is 0 Å². The highest BCUT2D eigenvalue weighted by molar-refractivity contribution is 6.01. The Morgan fingerprint density at radius 1 is 1.00 bits per heavy atom. The van der Waals surface area contributed by atoms with Crippen molar-refractivity contribution in [2.24, 2.45) is 17.8 Å². The van der Waals surface area contributed by atoms with Crippen molar-refractivity contribution in [3.05, 3.63) is 35.9 Å². The summed E-state index contributed by atoms with van der Waals surface area (Å²) in [4.78, 5) is 35.6. The van der Waals surface area contributed by atoms with E-state index in [1.165, 1.54) is 0 Å². The normalized spacial score (nSPS) is 34.1. The zero-order valence-corrected chi connectivity index (χ0v) is 10.5. The first-order valence-electron chi connectivity index (χ1n) is 6.43. The van der Waals surface area contributed by atoms with Gasteiger partial charge >= 0.3 is 11.9 Å². The number of ketones is 1. The van der Waals surface area contributed by atoms with E-state index in [1.807, 2.05) is 37.3 Å². The van der Waals surface area contributed by atoms with E-state index in [4.69, 9.17) is 4.74 Å². The summed E-state index contributed by atoms with van der Waals surface area (Å²) in [5.41, 5.74) is 0.921. The molecule has 2 aliphatic rings. The lowest BCUT2D eigenvalue weighted by molar-refractivity contribution is -0.154. The van der Waals surface area contributed by atoms with Crippen LogP contribution in [0.15, 0.2) is 30.3 Å². The Balaban J connectivity index is 2.06. The molecule has 0 bridgehead atoms. The molecule has 1 saturated heterocycles. The standard InChI is InChI=1S/C15H14O4/c1-8-11(16)7-10-13(15(18)19-14(10)17)12(8)9-5-3-2-4-6-9/h2-6,8,10,12-13H,7H2,1H3. The molecule has 0 aromatic heterocycles. The van der Waals surface area contributed by atoms with Crippen molar-refractivity contribution in [3.8, 4) is 0 Å². The largest absolute Gasteiger partial charge is 0.393 e. The number of carbonyl (C=O) groups excluding carboxylic acids is 3. The van der Waals surface area contributed by atoms with Gasteiger partial charge in [0.2, 0.25) is 0 Å². The molecule has 4 atom stereocenters. The zero-order valence-electron chi connectivity index (χ0n) is 10.5. The quantitative estimate of drug-likeness (QED) is 0.568. The van der Waals surface area contributed by atoms with E-state index in [-0.39, 0.29) is 24.0 Å². The van der Waals surface area contributed by atoms with Crippen LogP contribution in [0.2, 0.25) is 0 Å². The Bertz CT molecular complexity index is 549. The molecule has 1 saturated carbocycles. The molecule has 98 valence electrons. The summed E-state index contributed by atoms with van der Waals surface area (Å²) in [6.07, 6.45) is 0.125. The van der Waals surface area contributed by atoms with E-state index in [9.17, 15) is 14.4 Å². The van der Waals surface area contributed by atoms with E-state index in [2.05, 4.69) is 0 Å². The van der Waals surface area contributed by atoms with Crippen molar-refractivity contribution >= 4 is 17.7 Å². The molecule has 1 aromatic rings. The number of ether oxygens (including phenoxy) is 1. The van der Waals surface area contributed by atoms with E-state index < -0.39 is 23.8 Å². The second kappa shape index (κ2) is 4.30. The van der Waals surface area contributed by atoms with Crippen molar-refractivity contribution in [1.82, 2.24) is 0 Å². The third kappa shape index (κ3) is 1.79. The molecule has 0 N–H and O–H groups in total. The molecular weight excluding hydrogens is 244 g/mol. The lowest BCUT2D eigenvalue weighted by Gasteiger charge is -2.34. The monoisotopic (exact) mass is 258 g/mol. The predicted molar refractivity (Wildman–Crippen MR) is 66.1 cm³/mol. The van der Waals surface area contributed by atoms with Crippen LogP contribution >= 0.6 is 0 Å². The molecule has 1 aliphatic heterocycles. The number of carbonyl (C=O) groups is 3. The Kier molecular flexibility index (Phi) is 2.73. The van der Waals surface area contributed by atoms with Crippen LogP contribution in [-0.4, -0.2) is 17.7 Å². The van der Waals surface area contributed by atoms with Gasteiger partial charge in [-0.15, -0.1) is 0 Å². The van der Waals surface area contributed by atoms with Crippen molar-refractivity contribution < 1.29 is 19.1 Å². The van der Waals surface area contributed by atoms with Gasteiger partial charge in [-0.2, -0.15) is 0 Å². The predicted octanol–water partition coefficient (Wildman–Crippen LogP) is 1.69. The van der Waals surface area contributed by atoms with Gasteiger partial charge in [-0.25, -0.2) is 0 Å². The lowest BCUT2D eigenvalue weighted by atomic mass is 9.65. The van der Waals surface area contributed by atoms with Crippen LogP contribution in [-0.2, 0) is 19.1 Å².